The molecular formula is C42H39F3N2O7S2. The van der Waals surface area contributed by atoms with Crippen molar-refractivity contribution in [3.05, 3.63) is 144 Å². The number of halogens is 3. The van der Waals surface area contributed by atoms with Gasteiger partial charge in [0, 0.05) is 37.4 Å². The zero-order valence-corrected chi connectivity index (χ0v) is 32.2. The molecule has 0 aromatic heterocycles. The molecule has 1 fully saturated rings. The van der Waals surface area contributed by atoms with Crippen LogP contribution in [0.1, 0.15) is 34.3 Å². The lowest BCUT2D eigenvalue weighted by molar-refractivity contribution is -0.146. The van der Waals surface area contributed by atoms with E-state index < -0.39 is 55.6 Å². The number of carbonyl (C=O) groups is 2. The number of hydrogen-bond donors (Lipinski definition) is 0. The first kappa shape index (κ1) is 40.4. The van der Waals surface area contributed by atoms with E-state index in [0.29, 0.717) is 24.0 Å². The van der Waals surface area contributed by atoms with Crippen LogP contribution in [0, 0.1) is 0 Å². The van der Waals surface area contributed by atoms with E-state index in [1.165, 1.54) is 64.8 Å². The van der Waals surface area contributed by atoms with Gasteiger partial charge in [-0.1, -0.05) is 78.9 Å². The van der Waals surface area contributed by atoms with E-state index in [0.717, 1.165) is 35.1 Å². The van der Waals surface area contributed by atoms with Gasteiger partial charge >= 0.3 is 12.1 Å². The van der Waals surface area contributed by atoms with Gasteiger partial charge in [0.2, 0.25) is 10.0 Å². The molecule has 292 valence electrons. The van der Waals surface area contributed by atoms with Gasteiger partial charge in [-0.15, -0.1) is 0 Å². The highest BCUT2D eigenvalue weighted by Crippen LogP contribution is 2.32. The van der Waals surface area contributed by atoms with Crippen molar-refractivity contribution in [1.29, 1.82) is 0 Å². The lowest BCUT2D eigenvalue weighted by Gasteiger charge is -2.35. The molecule has 1 amide bonds. The van der Waals surface area contributed by atoms with Crippen LogP contribution >= 0.6 is 0 Å². The first-order chi connectivity index (χ1) is 26.6. The number of benzene rings is 5. The average molecular weight is 805 g/mol. The fraction of sp³-hybridized carbons (Fsp3) is 0.238. The highest BCUT2D eigenvalue weighted by Gasteiger charge is 2.40. The van der Waals surface area contributed by atoms with Gasteiger partial charge in [0.25, 0.3) is 5.91 Å². The molecule has 1 saturated heterocycles. The van der Waals surface area contributed by atoms with E-state index in [4.69, 9.17) is 4.74 Å². The van der Waals surface area contributed by atoms with Gasteiger partial charge in [-0.3, -0.25) is 4.79 Å². The Labute approximate surface area is 324 Å². The van der Waals surface area contributed by atoms with Crippen LogP contribution in [0.5, 0.6) is 0 Å². The SMILES string of the molecule is COC(=O)[C@H](Cc1ccc(-c2ccccc2)cc1)N(C[C@H]1CCCN1S(=O)(=O)c1ccc(S(C)(=O)=O)cc1)C(=O)c1ccc(-c2ccc(C(F)(F)F)cc2)cc1. The highest BCUT2D eigenvalue weighted by atomic mass is 32.2. The number of amides is 1. The summed E-state index contributed by atoms with van der Waals surface area (Å²) >= 11 is 0. The maximum absolute atomic E-state index is 14.6. The lowest BCUT2D eigenvalue weighted by atomic mass is 9.98. The van der Waals surface area contributed by atoms with E-state index in [1.54, 1.807) is 12.1 Å². The van der Waals surface area contributed by atoms with E-state index in [9.17, 15) is 39.6 Å². The third-order valence-electron chi connectivity index (χ3n) is 9.87. The standard InChI is InChI=1S/C42H39F3N2O7S2/c1-54-41(49)39(27-29-10-12-31(13-11-29)30-7-4-3-5-8-30)46(40(48)34-16-14-32(15-17-34)33-18-20-35(21-19-33)42(43,44)45)28-36-9-6-26-47(36)56(52,53)38-24-22-37(23-25-38)55(2,50)51/h3-5,7-8,10-25,36,39H,6,9,26-28H2,1-2H3/t36-,39+/m1/s1. The Morgan fingerprint density at radius 1 is 0.750 bits per heavy atom. The molecule has 6 rings (SSSR count). The fourth-order valence-electron chi connectivity index (χ4n) is 6.85. The van der Waals surface area contributed by atoms with Gasteiger partial charge in [0.15, 0.2) is 9.84 Å². The fourth-order valence-corrected chi connectivity index (χ4v) is 9.16. The number of sulfone groups is 1. The summed E-state index contributed by atoms with van der Waals surface area (Å²) in [6, 6.07) is 31.1. The first-order valence-electron chi connectivity index (χ1n) is 17.7. The molecule has 1 heterocycles. The van der Waals surface area contributed by atoms with Crippen LogP contribution in [-0.2, 0) is 42.0 Å². The van der Waals surface area contributed by atoms with Gasteiger partial charge in [-0.25, -0.2) is 21.6 Å². The second-order valence-corrected chi connectivity index (χ2v) is 17.5. The van der Waals surface area contributed by atoms with Crippen molar-refractivity contribution in [1.82, 2.24) is 9.21 Å². The molecule has 5 aromatic carbocycles. The van der Waals surface area contributed by atoms with Crippen molar-refractivity contribution in [2.24, 2.45) is 0 Å². The largest absolute Gasteiger partial charge is 0.467 e. The van der Waals surface area contributed by atoms with E-state index in [1.807, 2.05) is 54.6 Å². The second-order valence-electron chi connectivity index (χ2n) is 13.6. The number of esters is 1. The van der Waals surface area contributed by atoms with Crippen LogP contribution in [0.15, 0.2) is 137 Å². The molecule has 0 N–H and O–H groups in total. The number of sulfonamides is 1. The van der Waals surface area contributed by atoms with Gasteiger partial charge in [-0.2, -0.15) is 17.5 Å². The van der Waals surface area contributed by atoms with Crippen LogP contribution in [-0.4, -0.2) is 76.5 Å². The van der Waals surface area contributed by atoms with Crippen molar-refractivity contribution in [2.45, 2.75) is 47.3 Å². The Balaban J connectivity index is 1.33. The summed E-state index contributed by atoms with van der Waals surface area (Å²) in [4.78, 5) is 29.4. The minimum absolute atomic E-state index is 0.0340. The van der Waals surface area contributed by atoms with Gasteiger partial charge < -0.3 is 9.64 Å². The summed E-state index contributed by atoms with van der Waals surface area (Å²) in [6.07, 6.45) is -2.58. The number of hydrogen-bond acceptors (Lipinski definition) is 7. The topological polar surface area (TPSA) is 118 Å². The minimum atomic E-state index is -4.49. The molecule has 5 aromatic rings. The maximum Gasteiger partial charge on any atom is 0.416 e. The Kier molecular flexibility index (Phi) is 11.8. The zero-order valence-electron chi connectivity index (χ0n) is 30.5. The normalized spacial score (nSPS) is 15.6. The molecule has 0 radical (unpaired) electrons. The van der Waals surface area contributed by atoms with Crippen molar-refractivity contribution in [2.75, 3.05) is 26.5 Å². The number of rotatable bonds is 12. The number of nitrogens with zero attached hydrogens (tertiary/aromatic N) is 2. The number of methoxy groups -OCH3 is 1. The van der Waals surface area contributed by atoms with Crippen molar-refractivity contribution in [3.63, 3.8) is 0 Å². The summed E-state index contributed by atoms with van der Waals surface area (Å²) in [7, 11) is -6.52. The summed E-state index contributed by atoms with van der Waals surface area (Å²) in [5.74, 6) is -1.29. The number of ether oxygens (including phenoxy) is 1. The number of alkyl halides is 3. The molecule has 1 aliphatic rings. The van der Waals surface area contributed by atoms with Crippen LogP contribution in [0.2, 0.25) is 0 Å². The summed E-state index contributed by atoms with van der Waals surface area (Å²) in [6.45, 7) is -0.0451. The Bertz CT molecular complexity index is 2390. The summed E-state index contributed by atoms with van der Waals surface area (Å²) in [5, 5.41) is 0. The monoisotopic (exact) mass is 804 g/mol. The zero-order chi connectivity index (χ0) is 40.3. The second kappa shape index (κ2) is 16.4. The molecular weight excluding hydrogens is 766 g/mol. The first-order valence-corrected chi connectivity index (χ1v) is 21.0. The van der Waals surface area contributed by atoms with Crippen LogP contribution < -0.4 is 0 Å². The molecule has 0 bridgehead atoms. The maximum atomic E-state index is 14.6. The van der Waals surface area contributed by atoms with E-state index in [-0.39, 0.29) is 34.9 Å². The molecule has 0 saturated carbocycles. The van der Waals surface area contributed by atoms with Gasteiger partial charge in [0.1, 0.15) is 6.04 Å². The summed E-state index contributed by atoms with van der Waals surface area (Å²) < 4.78 is 98.0. The molecule has 0 spiro atoms. The van der Waals surface area contributed by atoms with Crippen LogP contribution in [0.3, 0.4) is 0 Å². The smallest absolute Gasteiger partial charge is 0.416 e. The van der Waals surface area contributed by atoms with Gasteiger partial charge in [0.05, 0.1) is 22.5 Å². The lowest BCUT2D eigenvalue weighted by Crippen LogP contribution is -2.52. The highest BCUT2D eigenvalue weighted by molar-refractivity contribution is 7.90. The molecule has 9 nitrogen and oxygen atoms in total. The molecule has 2 atom stereocenters. The van der Waals surface area contributed by atoms with E-state index in [2.05, 4.69) is 0 Å². The summed E-state index contributed by atoms with van der Waals surface area (Å²) in [5.41, 5.74) is 3.09. The molecule has 56 heavy (non-hydrogen) atoms. The van der Waals surface area contributed by atoms with E-state index >= 15 is 0 Å². The Morgan fingerprint density at radius 2 is 1.27 bits per heavy atom. The average Bonchev–Trinajstić information content (AvgIpc) is 3.68. The van der Waals surface area contributed by atoms with Crippen molar-refractivity contribution in [3.8, 4) is 22.3 Å². The minimum Gasteiger partial charge on any atom is -0.467 e. The molecule has 0 unspecified atom stereocenters. The Hall–Kier alpha value is -5.31. The predicted molar refractivity (Wildman–Crippen MR) is 206 cm³/mol. The molecule has 0 aliphatic carbocycles. The third kappa shape index (κ3) is 9.04. The quantitative estimate of drug-likeness (QED) is 0.120. The van der Waals surface area contributed by atoms with Crippen LogP contribution in [0.25, 0.3) is 22.3 Å². The van der Waals surface area contributed by atoms with Crippen molar-refractivity contribution >= 4 is 31.7 Å². The van der Waals surface area contributed by atoms with Crippen LogP contribution in [0.4, 0.5) is 13.2 Å². The van der Waals surface area contributed by atoms with Gasteiger partial charge in [-0.05, 0) is 89.2 Å². The third-order valence-corrected chi connectivity index (χ3v) is 13.0. The Morgan fingerprint density at radius 3 is 1.80 bits per heavy atom. The number of carbonyl (C=O) groups excluding carboxylic acids is 2. The van der Waals surface area contributed by atoms with Crippen molar-refractivity contribution < 1.29 is 44.3 Å². The molecule has 14 heteroatoms. The molecule has 1 aliphatic heterocycles. The predicted octanol–water partition coefficient (Wildman–Crippen LogP) is 7.52.